The third-order valence-electron chi connectivity index (χ3n) is 2.84. The number of alkyl halides is 1. The van der Waals surface area contributed by atoms with E-state index in [1.54, 1.807) is 39.0 Å². The standard InChI is InChI=1S/C14H17ClO3/c1-9-7-10(13(17)18-4)5-6-11(9)12(16)14(2,3)8-15/h5-7H,8H2,1-4H3. The number of ketones is 1. The summed E-state index contributed by atoms with van der Waals surface area (Å²) in [4.78, 5) is 23.6. The summed E-state index contributed by atoms with van der Waals surface area (Å²) in [5, 5.41) is 0. The van der Waals surface area contributed by atoms with Crippen LogP contribution >= 0.6 is 11.6 Å². The first-order valence-corrected chi connectivity index (χ1v) is 6.16. The van der Waals surface area contributed by atoms with Crippen LogP contribution in [0.1, 0.15) is 40.1 Å². The van der Waals surface area contributed by atoms with Crippen molar-refractivity contribution < 1.29 is 14.3 Å². The topological polar surface area (TPSA) is 43.4 Å². The van der Waals surface area contributed by atoms with Crippen molar-refractivity contribution in [3.8, 4) is 0 Å². The number of aryl methyl sites for hydroxylation is 1. The van der Waals surface area contributed by atoms with Gasteiger partial charge in [-0.15, -0.1) is 11.6 Å². The average molecular weight is 269 g/mol. The van der Waals surface area contributed by atoms with E-state index in [0.717, 1.165) is 5.56 Å². The van der Waals surface area contributed by atoms with Gasteiger partial charge in [0.05, 0.1) is 12.7 Å². The molecule has 98 valence electrons. The van der Waals surface area contributed by atoms with E-state index in [1.807, 2.05) is 0 Å². The van der Waals surface area contributed by atoms with Gasteiger partial charge in [0, 0.05) is 16.9 Å². The highest BCUT2D eigenvalue weighted by Crippen LogP contribution is 2.25. The summed E-state index contributed by atoms with van der Waals surface area (Å²) in [6.45, 7) is 5.40. The first kappa shape index (κ1) is 14.7. The van der Waals surface area contributed by atoms with Gasteiger partial charge in [-0.2, -0.15) is 0 Å². The normalized spacial score (nSPS) is 11.2. The summed E-state index contributed by atoms with van der Waals surface area (Å²) in [5.41, 5.74) is 1.17. The molecular formula is C14H17ClO3. The number of esters is 1. The van der Waals surface area contributed by atoms with Gasteiger partial charge in [0.1, 0.15) is 0 Å². The number of hydrogen-bond donors (Lipinski definition) is 0. The molecule has 1 aromatic rings. The van der Waals surface area contributed by atoms with E-state index in [9.17, 15) is 9.59 Å². The minimum Gasteiger partial charge on any atom is -0.465 e. The summed E-state index contributed by atoms with van der Waals surface area (Å²) < 4.78 is 4.64. The van der Waals surface area contributed by atoms with Gasteiger partial charge in [0.25, 0.3) is 0 Å². The van der Waals surface area contributed by atoms with Crippen molar-refractivity contribution in [3.05, 3.63) is 34.9 Å². The van der Waals surface area contributed by atoms with Gasteiger partial charge < -0.3 is 4.74 Å². The van der Waals surface area contributed by atoms with Crippen LogP contribution in [0.15, 0.2) is 18.2 Å². The molecule has 1 aromatic carbocycles. The fourth-order valence-electron chi connectivity index (χ4n) is 1.59. The zero-order chi connectivity index (χ0) is 13.9. The predicted molar refractivity (Wildman–Crippen MR) is 71.4 cm³/mol. The van der Waals surface area contributed by atoms with Crippen LogP contribution in [0.4, 0.5) is 0 Å². The zero-order valence-corrected chi connectivity index (χ0v) is 11.8. The lowest BCUT2D eigenvalue weighted by molar-refractivity contribution is 0.0600. The van der Waals surface area contributed by atoms with Gasteiger partial charge in [-0.1, -0.05) is 19.9 Å². The van der Waals surface area contributed by atoms with Crippen LogP contribution in [0, 0.1) is 12.3 Å². The van der Waals surface area contributed by atoms with E-state index >= 15 is 0 Å². The van der Waals surface area contributed by atoms with Crippen molar-refractivity contribution in [2.75, 3.05) is 13.0 Å². The Kier molecular flexibility index (Phi) is 4.52. The van der Waals surface area contributed by atoms with E-state index in [4.69, 9.17) is 11.6 Å². The molecule has 0 fully saturated rings. The highest BCUT2D eigenvalue weighted by atomic mass is 35.5. The van der Waals surface area contributed by atoms with Crippen LogP contribution in [0.3, 0.4) is 0 Å². The number of Topliss-reactive ketones (excluding diaryl/α,β-unsaturated/α-hetero) is 1. The highest BCUT2D eigenvalue weighted by Gasteiger charge is 2.28. The van der Waals surface area contributed by atoms with Crippen molar-refractivity contribution in [2.45, 2.75) is 20.8 Å². The lowest BCUT2D eigenvalue weighted by Crippen LogP contribution is -2.26. The third kappa shape index (κ3) is 2.91. The summed E-state index contributed by atoms with van der Waals surface area (Å²) in [6, 6.07) is 4.90. The molecule has 0 aromatic heterocycles. The maximum Gasteiger partial charge on any atom is 0.337 e. The maximum absolute atomic E-state index is 12.3. The molecule has 0 aliphatic rings. The highest BCUT2D eigenvalue weighted by molar-refractivity contribution is 6.21. The zero-order valence-electron chi connectivity index (χ0n) is 11.0. The molecule has 0 saturated carbocycles. The van der Waals surface area contributed by atoms with Crippen LogP contribution in [-0.2, 0) is 4.74 Å². The number of carbonyl (C=O) groups excluding carboxylic acids is 2. The number of ether oxygens (including phenoxy) is 1. The fraction of sp³-hybridized carbons (Fsp3) is 0.429. The summed E-state index contributed by atoms with van der Waals surface area (Å²) >= 11 is 5.80. The van der Waals surface area contributed by atoms with Crippen molar-refractivity contribution in [2.24, 2.45) is 5.41 Å². The average Bonchev–Trinajstić information content (AvgIpc) is 2.36. The minimum atomic E-state index is -0.612. The monoisotopic (exact) mass is 268 g/mol. The summed E-state index contributed by atoms with van der Waals surface area (Å²) in [5.74, 6) is -0.176. The van der Waals surface area contributed by atoms with Crippen molar-refractivity contribution >= 4 is 23.4 Å². The minimum absolute atomic E-state index is 0.0218. The van der Waals surface area contributed by atoms with Gasteiger partial charge in [0.2, 0.25) is 0 Å². The number of rotatable bonds is 4. The molecule has 0 atom stereocenters. The lowest BCUT2D eigenvalue weighted by Gasteiger charge is -2.21. The Morgan fingerprint density at radius 3 is 2.39 bits per heavy atom. The number of halogens is 1. The molecule has 4 heteroatoms. The number of carbonyl (C=O) groups is 2. The summed E-state index contributed by atoms with van der Waals surface area (Å²) in [7, 11) is 1.33. The fourth-order valence-corrected chi connectivity index (χ4v) is 1.71. The molecule has 0 saturated heterocycles. The molecule has 0 unspecified atom stereocenters. The van der Waals surface area contributed by atoms with Crippen LogP contribution in [0.5, 0.6) is 0 Å². The van der Waals surface area contributed by atoms with Gasteiger partial charge in [0.15, 0.2) is 5.78 Å². The lowest BCUT2D eigenvalue weighted by atomic mass is 9.84. The molecule has 0 spiro atoms. The Hall–Kier alpha value is -1.35. The van der Waals surface area contributed by atoms with Gasteiger partial charge in [-0.3, -0.25) is 4.79 Å². The second-order valence-electron chi connectivity index (χ2n) is 4.87. The van der Waals surface area contributed by atoms with Gasteiger partial charge >= 0.3 is 5.97 Å². The van der Waals surface area contributed by atoms with Crippen LogP contribution < -0.4 is 0 Å². The van der Waals surface area contributed by atoms with Gasteiger partial charge in [-0.05, 0) is 24.6 Å². The van der Waals surface area contributed by atoms with E-state index in [2.05, 4.69) is 4.74 Å². The molecule has 1 rings (SSSR count). The molecular weight excluding hydrogens is 252 g/mol. The Balaban J connectivity index is 3.14. The molecule has 0 aliphatic carbocycles. The largest absolute Gasteiger partial charge is 0.465 e. The third-order valence-corrected chi connectivity index (χ3v) is 3.51. The van der Waals surface area contributed by atoms with Crippen molar-refractivity contribution in [1.82, 2.24) is 0 Å². The smallest absolute Gasteiger partial charge is 0.337 e. The van der Waals surface area contributed by atoms with Crippen molar-refractivity contribution in [3.63, 3.8) is 0 Å². The number of hydrogen-bond acceptors (Lipinski definition) is 3. The van der Waals surface area contributed by atoms with Gasteiger partial charge in [-0.25, -0.2) is 4.79 Å². The molecule has 0 heterocycles. The van der Waals surface area contributed by atoms with E-state index in [-0.39, 0.29) is 11.7 Å². The first-order valence-electron chi connectivity index (χ1n) is 5.63. The molecule has 0 N–H and O–H groups in total. The molecule has 0 radical (unpaired) electrons. The van der Waals surface area contributed by atoms with E-state index in [1.165, 1.54) is 7.11 Å². The maximum atomic E-state index is 12.3. The Morgan fingerprint density at radius 1 is 1.33 bits per heavy atom. The molecule has 0 amide bonds. The second-order valence-corrected chi connectivity index (χ2v) is 5.14. The molecule has 18 heavy (non-hydrogen) atoms. The Labute approximate surface area is 112 Å². The molecule has 0 bridgehead atoms. The number of benzene rings is 1. The predicted octanol–water partition coefficient (Wildman–Crippen LogP) is 3.23. The quantitative estimate of drug-likeness (QED) is 0.478. The molecule has 0 aliphatic heterocycles. The van der Waals surface area contributed by atoms with Crippen LogP contribution in [0.2, 0.25) is 0 Å². The Bertz CT molecular complexity index is 478. The van der Waals surface area contributed by atoms with Crippen LogP contribution in [-0.4, -0.2) is 24.7 Å². The molecule has 3 nitrogen and oxygen atoms in total. The summed E-state index contributed by atoms with van der Waals surface area (Å²) in [6.07, 6.45) is 0. The number of methoxy groups -OCH3 is 1. The SMILES string of the molecule is COC(=O)c1ccc(C(=O)C(C)(C)CCl)c(C)c1. The first-order chi connectivity index (χ1) is 8.33. The van der Waals surface area contributed by atoms with E-state index in [0.29, 0.717) is 11.1 Å². The van der Waals surface area contributed by atoms with Crippen molar-refractivity contribution in [1.29, 1.82) is 0 Å². The second kappa shape index (κ2) is 5.53. The van der Waals surface area contributed by atoms with E-state index < -0.39 is 11.4 Å². The van der Waals surface area contributed by atoms with Crippen LogP contribution in [0.25, 0.3) is 0 Å². The Morgan fingerprint density at radius 2 is 1.94 bits per heavy atom.